The van der Waals surface area contributed by atoms with Crippen LogP contribution in [0.1, 0.15) is 20.3 Å². The molecule has 0 heterocycles. The van der Waals surface area contributed by atoms with Gasteiger partial charge in [0.1, 0.15) is 0 Å². The van der Waals surface area contributed by atoms with Gasteiger partial charge in [-0.1, -0.05) is 6.92 Å². The third-order valence-electron chi connectivity index (χ3n) is 2.91. The molecule has 0 saturated heterocycles. The summed E-state index contributed by atoms with van der Waals surface area (Å²) in [5.41, 5.74) is 0.987. The first-order valence-corrected chi connectivity index (χ1v) is 7.89. The van der Waals surface area contributed by atoms with Crippen molar-refractivity contribution in [3.8, 4) is 0 Å². The molecule has 4 nitrogen and oxygen atoms in total. The van der Waals surface area contributed by atoms with E-state index in [0.29, 0.717) is 11.3 Å². The van der Waals surface area contributed by atoms with Crippen LogP contribution >= 0.6 is 0 Å². The predicted octanol–water partition coefficient (Wildman–Crippen LogP) is 1.69. The minimum Gasteiger partial charge on any atom is -0.396 e. The van der Waals surface area contributed by atoms with Crippen molar-refractivity contribution in [2.24, 2.45) is 0 Å². The molecule has 0 aliphatic carbocycles. The van der Waals surface area contributed by atoms with Gasteiger partial charge in [-0.15, -0.1) is 0 Å². The molecule has 0 radical (unpaired) electrons. The van der Waals surface area contributed by atoms with E-state index >= 15 is 0 Å². The van der Waals surface area contributed by atoms with E-state index < -0.39 is 9.84 Å². The molecule has 5 heteroatoms. The van der Waals surface area contributed by atoms with Crippen molar-refractivity contribution in [1.82, 2.24) is 0 Å². The van der Waals surface area contributed by atoms with Crippen LogP contribution in [-0.4, -0.2) is 39.0 Å². The summed E-state index contributed by atoms with van der Waals surface area (Å²) < 4.78 is 23.4. The maximum Gasteiger partial charge on any atom is 0.178 e. The second kappa shape index (κ2) is 6.75. The molecule has 0 aromatic heterocycles. The van der Waals surface area contributed by atoms with Gasteiger partial charge in [0, 0.05) is 25.4 Å². The molecular formula is C13H21NO3S. The van der Waals surface area contributed by atoms with E-state index in [1.807, 2.05) is 19.1 Å². The average molecular weight is 271 g/mol. The quantitative estimate of drug-likeness (QED) is 0.820. The smallest absolute Gasteiger partial charge is 0.178 e. The fourth-order valence-corrected chi connectivity index (χ4v) is 2.65. The fourth-order valence-electron chi connectivity index (χ4n) is 1.76. The van der Waals surface area contributed by atoms with Crippen LogP contribution in [0.15, 0.2) is 29.2 Å². The summed E-state index contributed by atoms with van der Waals surface area (Å²) >= 11 is 0. The molecule has 102 valence electrons. The van der Waals surface area contributed by atoms with Gasteiger partial charge < -0.3 is 10.0 Å². The Bertz CT molecular complexity index is 454. The molecule has 0 aliphatic rings. The highest BCUT2D eigenvalue weighted by molar-refractivity contribution is 7.91. The molecule has 0 aliphatic heterocycles. The SMILES string of the molecule is CCN(CCCO)c1ccc(S(=O)(=O)CC)cc1. The van der Waals surface area contributed by atoms with Gasteiger partial charge in [-0.05, 0) is 37.6 Å². The number of benzene rings is 1. The van der Waals surface area contributed by atoms with Crippen molar-refractivity contribution in [1.29, 1.82) is 0 Å². The summed E-state index contributed by atoms with van der Waals surface area (Å²) in [5.74, 6) is 0.119. The largest absolute Gasteiger partial charge is 0.396 e. The van der Waals surface area contributed by atoms with Gasteiger partial charge in [-0.3, -0.25) is 0 Å². The monoisotopic (exact) mass is 271 g/mol. The first kappa shape index (κ1) is 15.0. The summed E-state index contributed by atoms with van der Waals surface area (Å²) in [6, 6.07) is 6.94. The van der Waals surface area contributed by atoms with Gasteiger partial charge in [-0.2, -0.15) is 0 Å². The number of nitrogens with zero attached hydrogens (tertiary/aromatic N) is 1. The molecule has 0 amide bonds. The number of anilines is 1. The second-order valence-electron chi connectivity index (χ2n) is 4.05. The highest BCUT2D eigenvalue weighted by Crippen LogP contribution is 2.18. The molecular weight excluding hydrogens is 250 g/mol. The summed E-state index contributed by atoms with van der Waals surface area (Å²) in [4.78, 5) is 2.48. The minimum atomic E-state index is -3.12. The lowest BCUT2D eigenvalue weighted by molar-refractivity contribution is 0.289. The summed E-state index contributed by atoms with van der Waals surface area (Å²) in [6.45, 7) is 5.45. The van der Waals surface area contributed by atoms with Gasteiger partial charge >= 0.3 is 0 Å². The van der Waals surface area contributed by atoms with Crippen LogP contribution < -0.4 is 4.90 Å². The molecule has 18 heavy (non-hydrogen) atoms. The minimum absolute atomic E-state index is 0.119. The summed E-state index contributed by atoms with van der Waals surface area (Å²) in [5, 5.41) is 8.83. The third-order valence-corrected chi connectivity index (χ3v) is 4.66. The lowest BCUT2D eigenvalue weighted by Crippen LogP contribution is -2.24. The Morgan fingerprint density at radius 1 is 1.17 bits per heavy atom. The number of aliphatic hydroxyl groups is 1. The second-order valence-corrected chi connectivity index (χ2v) is 6.33. The zero-order valence-electron chi connectivity index (χ0n) is 11.0. The molecule has 0 spiro atoms. The molecule has 0 atom stereocenters. The molecule has 0 bridgehead atoms. The zero-order valence-corrected chi connectivity index (χ0v) is 11.8. The Labute approximate surface area is 109 Å². The summed E-state index contributed by atoms with van der Waals surface area (Å²) in [6.07, 6.45) is 0.711. The highest BCUT2D eigenvalue weighted by atomic mass is 32.2. The number of sulfone groups is 1. The van der Waals surface area contributed by atoms with Crippen molar-refractivity contribution < 1.29 is 13.5 Å². The molecule has 0 saturated carbocycles. The first-order valence-electron chi connectivity index (χ1n) is 6.23. The first-order chi connectivity index (χ1) is 8.55. The lowest BCUT2D eigenvalue weighted by Gasteiger charge is -2.22. The number of hydrogen-bond acceptors (Lipinski definition) is 4. The molecule has 1 rings (SSSR count). The normalized spacial score (nSPS) is 11.5. The molecule has 1 aromatic rings. The van der Waals surface area contributed by atoms with Crippen LogP contribution in [0.2, 0.25) is 0 Å². The average Bonchev–Trinajstić information content (AvgIpc) is 2.40. The van der Waals surface area contributed by atoms with Gasteiger partial charge in [0.15, 0.2) is 9.84 Å². The summed E-state index contributed by atoms with van der Waals surface area (Å²) in [7, 11) is -3.12. The highest BCUT2D eigenvalue weighted by Gasteiger charge is 2.11. The van der Waals surface area contributed by atoms with Crippen molar-refractivity contribution in [2.45, 2.75) is 25.2 Å². The maximum atomic E-state index is 11.7. The van der Waals surface area contributed by atoms with E-state index in [1.165, 1.54) is 0 Å². The fraction of sp³-hybridized carbons (Fsp3) is 0.538. The van der Waals surface area contributed by atoms with Crippen LogP contribution in [0, 0.1) is 0 Å². The van der Waals surface area contributed by atoms with E-state index in [0.717, 1.165) is 18.8 Å². The topological polar surface area (TPSA) is 57.6 Å². The Hall–Kier alpha value is -1.07. The van der Waals surface area contributed by atoms with Gasteiger partial charge in [0.2, 0.25) is 0 Å². The van der Waals surface area contributed by atoms with Crippen molar-refractivity contribution in [3.63, 3.8) is 0 Å². The van der Waals surface area contributed by atoms with E-state index in [1.54, 1.807) is 19.1 Å². The van der Waals surface area contributed by atoms with Crippen molar-refractivity contribution in [2.75, 3.05) is 30.3 Å². The lowest BCUT2D eigenvalue weighted by atomic mass is 10.2. The van der Waals surface area contributed by atoms with Crippen LogP contribution in [-0.2, 0) is 9.84 Å². The van der Waals surface area contributed by atoms with Crippen molar-refractivity contribution in [3.05, 3.63) is 24.3 Å². The van der Waals surface area contributed by atoms with Gasteiger partial charge in [-0.25, -0.2) is 8.42 Å². The standard InChI is InChI=1S/C13H21NO3S/c1-3-14(10-5-11-15)12-6-8-13(9-7-12)18(16,17)4-2/h6-9,15H,3-5,10-11H2,1-2H3. The number of hydrogen-bond donors (Lipinski definition) is 1. The predicted molar refractivity (Wildman–Crippen MR) is 73.8 cm³/mol. The Morgan fingerprint density at radius 3 is 2.22 bits per heavy atom. The van der Waals surface area contributed by atoms with Crippen LogP contribution in [0.25, 0.3) is 0 Å². The van der Waals surface area contributed by atoms with E-state index in [4.69, 9.17) is 5.11 Å². The van der Waals surface area contributed by atoms with Crippen LogP contribution in [0.4, 0.5) is 5.69 Å². The van der Waals surface area contributed by atoms with E-state index in [2.05, 4.69) is 4.90 Å². The third kappa shape index (κ3) is 3.71. The molecule has 0 unspecified atom stereocenters. The Balaban J connectivity index is 2.87. The number of aliphatic hydroxyl groups excluding tert-OH is 1. The molecule has 1 N–H and O–H groups in total. The van der Waals surface area contributed by atoms with Gasteiger partial charge in [0.25, 0.3) is 0 Å². The van der Waals surface area contributed by atoms with E-state index in [9.17, 15) is 8.42 Å². The number of rotatable bonds is 7. The zero-order chi connectivity index (χ0) is 13.6. The maximum absolute atomic E-state index is 11.7. The Morgan fingerprint density at radius 2 is 1.78 bits per heavy atom. The molecule has 0 fully saturated rings. The van der Waals surface area contributed by atoms with Crippen LogP contribution in [0.5, 0.6) is 0 Å². The van der Waals surface area contributed by atoms with Crippen molar-refractivity contribution >= 4 is 15.5 Å². The van der Waals surface area contributed by atoms with Crippen LogP contribution in [0.3, 0.4) is 0 Å². The molecule has 1 aromatic carbocycles. The van der Waals surface area contributed by atoms with E-state index in [-0.39, 0.29) is 12.4 Å². The van der Waals surface area contributed by atoms with Gasteiger partial charge in [0.05, 0.1) is 10.6 Å². The Kier molecular flexibility index (Phi) is 5.62.